The third-order valence-corrected chi connectivity index (χ3v) is 5.29. The zero-order chi connectivity index (χ0) is 22.1. The molecule has 0 aliphatic rings. The number of ether oxygens (including phenoxy) is 1. The molecular formula is C24H20Cl2N2O3. The normalized spacial score (nSPS) is 12.0. The van der Waals surface area contributed by atoms with Crippen LogP contribution in [0.1, 0.15) is 18.1 Å². The number of nitrogens with zero attached hydrogens (tertiary/aromatic N) is 1. The van der Waals surface area contributed by atoms with Crippen LogP contribution in [-0.2, 0) is 4.79 Å². The Kier molecular flexibility index (Phi) is 5.90. The molecule has 0 saturated carbocycles. The molecule has 158 valence electrons. The summed E-state index contributed by atoms with van der Waals surface area (Å²) >= 11 is 12.0. The van der Waals surface area contributed by atoms with Crippen LogP contribution in [0.2, 0.25) is 10.0 Å². The predicted octanol–water partition coefficient (Wildman–Crippen LogP) is 6.82. The van der Waals surface area contributed by atoms with Crippen molar-refractivity contribution >= 4 is 45.9 Å². The van der Waals surface area contributed by atoms with Gasteiger partial charge in [-0.1, -0.05) is 35.3 Å². The van der Waals surface area contributed by atoms with Crippen LogP contribution in [0.3, 0.4) is 0 Å². The predicted molar refractivity (Wildman–Crippen MR) is 124 cm³/mol. The highest BCUT2D eigenvalue weighted by atomic mass is 35.5. The molecule has 4 aromatic rings. The van der Waals surface area contributed by atoms with E-state index in [0.29, 0.717) is 27.4 Å². The number of aromatic nitrogens is 1. The minimum Gasteiger partial charge on any atom is -0.479 e. The molecule has 0 aliphatic carbocycles. The van der Waals surface area contributed by atoms with Crippen LogP contribution in [-0.4, -0.2) is 17.0 Å². The number of rotatable bonds is 5. The van der Waals surface area contributed by atoms with Crippen molar-refractivity contribution in [2.24, 2.45) is 0 Å². The first kappa shape index (κ1) is 21.2. The summed E-state index contributed by atoms with van der Waals surface area (Å²) in [4.78, 5) is 17.2. The lowest BCUT2D eigenvalue weighted by molar-refractivity contribution is -0.122. The van der Waals surface area contributed by atoms with Crippen molar-refractivity contribution in [3.63, 3.8) is 0 Å². The van der Waals surface area contributed by atoms with E-state index in [1.165, 1.54) is 0 Å². The third kappa shape index (κ3) is 4.68. The van der Waals surface area contributed by atoms with Gasteiger partial charge in [-0.05, 0) is 74.4 Å². The molecule has 0 aliphatic heterocycles. The molecule has 1 heterocycles. The van der Waals surface area contributed by atoms with E-state index in [-0.39, 0.29) is 5.91 Å². The second-order valence-electron chi connectivity index (χ2n) is 7.35. The van der Waals surface area contributed by atoms with Gasteiger partial charge in [0.2, 0.25) is 5.89 Å². The number of benzene rings is 3. The number of aryl methyl sites for hydroxylation is 2. The molecule has 1 unspecified atom stereocenters. The van der Waals surface area contributed by atoms with Gasteiger partial charge in [0.05, 0.1) is 5.02 Å². The minimum absolute atomic E-state index is 0.313. The van der Waals surface area contributed by atoms with Crippen LogP contribution >= 0.6 is 23.2 Å². The lowest BCUT2D eigenvalue weighted by atomic mass is 10.1. The van der Waals surface area contributed by atoms with Crippen LogP contribution in [0.15, 0.2) is 59.0 Å². The second-order valence-corrected chi connectivity index (χ2v) is 8.20. The van der Waals surface area contributed by atoms with Crippen LogP contribution < -0.4 is 10.1 Å². The van der Waals surface area contributed by atoms with Crippen LogP contribution in [0.4, 0.5) is 5.69 Å². The van der Waals surface area contributed by atoms with Crippen molar-refractivity contribution in [1.29, 1.82) is 0 Å². The number of halogens is 2. The maximum Gasteiger partial charge on any atom is 0.265 e. The monoisotopic (exact) mass is 454 g/mol. The van der Waals surface area contributed by atoms with E-state index < -0.39 is 6.10 Å². The van der Waals surface area contributed by atoms with Crippen molar-refractivity contribution < 1.29 is 13.9 Å². The minimum atomic E-state index is -0.766. The van der Waals surface area contributed by atoms with Gasteiger partial charge >= 0.3 is 0 Å². The fourth-order valence-electron chi connectivity index (χ4n) is 3.29. The van der Waals surface area contributed by atoms with Gasteiger partial charge in [-0.15, -0.1) is 0 Å². The Morgan fingerprint density at radius 1 is 1.10 bits per heavy atom. The van der Waals surface area contributed by atoms with E-state index in [0.717, 1.165) is 27.8 Å². The average Bonchev–Trinajstić information content (AvgIpc) is 3.14. The van der Waals surface area contributed by atoms with Crippen molar-refractivity contribution in [3.05, 3.63) is 75.8 Å². The maximum atomic E-state index is 12.6. The summed E-state index contributed by atoms with van der Waals surface area (Å²) in [6, 6.07) is 16.2. The first-order valence-corrected chi connectivity index (χ1v) is 10.5. The molecule has 0 fully saturated rings. The van der Waals surface area contributed by atoms with E-state index in [1.807, 2.05) is 38.1 Å². The van der Waals surface area contributed by atoms with Crippen molar-refractivity contribution in [1.82, 2.24) is 4.98 Å². The van der Waals surface area contributed by atoms with E-state index in [4.69, 9.17) is 32.4 Å². The fourth-order valence-corrected chi connectivity index (χ4v) is 3.74. The van der Waals surface area contributed by atoms with Crippen molar-refractivity contribution in [2.75, 3.05) is 5.32 Å². The molecule has 0 saturated heterocycles. The number of nitrogens with one attached hydrogen (secondary N) is 1. The standard InChI is InChI=1S/C24H20Cl2N2O3/c1-13-9-14(2)22-20(10-13)28-24(31-22)16-5-4-6-18(11-16)27-23(29)15(3)30-21-8-7-17(25)12-19(21)26/h4-12,15H,1-3H3,(H,27,29). The van der Waals surface area contributed by atoms with Gasteiger partial charge in [-0.3, -0.25) is 4.79 Å². The van der Waals surface area contributed by atoms with Crippen molar-refractivity contribution in [2.45, 2.75) is 26.9 Å². The molecule has 0 bridgehead atoms. The first-order valence-electron chi connectivity index (χ1n) is 9.71. The number of carbonyl (C=O) groups excluding carboxylic acids is 1. The highest BCUT2D eigenvalue weighted by Gasteiger charge is 2.17. The molecule has 1 amide bonds. The Hall–Kier alpha value is -3.02. The smallest absolute Gasteiger partial charge is 0.265 e. The van der Waals surface area contributed by atoms with Gasteiger partial charge < -0.3 is 14.5 Å². The van der Waals surface area contributed by atoms with Gasteiger partial charge in [0.15, 0.2) is 11.7 Å². The molecule has 31 heavy (non-hydrogen) atoms. The Balaban J connectivity index is 1.52. The summed E-state index contributed by atoms with van der Waals surface area (Å²) < 4.78 is 11.7. The summed E-state index contributed by atoms with van der Waals surface area (Å²) in [5, 5.41) is 3.69. The summed E-state index contributed by atoms with van der Waals surface area (Å²) in [7, 11) is 0. The molecule has 1 N–H and O–H groups in total. The summed E-state index contributed by atoms with van der Waals surface area (Å²) in [5.74, 6) is 0.573. The molecule has 3 aromatic carbocycles. The molecule has 0 spiro atoms. The molecule has 0 radical (unpaired) electrons. The van der Waals surface area contributed by atoms with E-state index >= 15 is 0 Å². The Morgan fingerprint density at radius 2 is 1.90 bits per heavy atom. The van der Waals surface area contributed by atoms with Crippen molar-refractivity contribution in [3.8, 4) is 17.2 Å². The van der Waals surface area contributed by atoms with Crippen LogP contribution in [0, 0.1) is 13.8 Å². The zero-order valence-electron chi connectivity index (χ0n) is 17.2. The number of amides is 1. The number of fused-ring (bicyclic) bond motifs is 1. The molecule has 5 nitrogen and oxygen atoms in total. The topological polar surface area (TPSA) is 64.4 Å². The molecule has 1 atom stereocenters. The SMILES string of the molecule is Cc1cc(C)c2oc(-c3cccc(NC(=O)C(C)Oc4ccc(Cl)cc4Cl)c3)nc2c1. The molecule has 7 heteroatoms. The molecule has 4 rings (SSSR count). The fraction of sp³-hybridized carbons (Fsp3) is 0.167. The number of hydrogen-bond acceptors (Lipinski definition) is 4. The number of anilines is 1. The van der Waals surface area contributed by atoms with E-state index in [1.54, 1.807) is 31.2 Å². The molecular weight excluding hydrogens is 435 g/mol. The van der Waals surface area contributed by atoms with Gasteiger partial charge in [0, 0.05) is 16.3 Å². The Morgan fingerprint density at radius 3 is 2.68 bits per heavy atom. The number of carbonyl (C=O) groups is 1. The van der Waals surface area contributed by atoms with Crippen LogP contribution in [0.5, 0.6) is 5.75 Å². The maximum absolute atomic E-state index is 12.6. The second kappa shape index (κ2) is 8.61. The lowest BCUT2D eigenvalue weighted by Crippen LogP contribution is -2.30. The lowest BCUT2D eigenvalue weighted by Gasteiger charge is -2.16. The Bertz CT molecular complexity index is 1280. The van der Waals surface area contributed by atoms with E-state index in [2.05, 4.69) is 16.4 Å². The zero-order valence-corrected chi connectivity index (χ0v) is 18.7. The third-order valence-electron chi connectivity index (χ3n) is 4.76. The first-order chi connectivity index (χ1) is 14.8. The molecule has 1 aromatic heterocycles. The van der Waals surface area contributed by atoms with Gasteiger partial charge in [-0.2, -0.15) is 0 Å². The Labute approximate surface area is 189 Å². The summed E-state index contributed by atoms with van der Waals surface area (Å²) in [6.45, 7) is 5.67. The number of hydrogen-bond donors (Lipinski definition) is 1. The van der Waals surface area contributed by atoms with Gasteiger partial charge in [0.25, 0.3) is 5.91 Å². The quantitative estimate of drug-likeness (QED) is 0.359. The van der Waals surface area contributed by atoms with Gasteiger partial charge in [0.1, 0.15) is 11.3 Å². The highest BCUT2D eigenvalue weighted by molar-refractivity contribution is 6.35. The van der Waals surface area contributed by atoms with E-state index in [9.17, 15) is 4.79 Å². The number of oxazole rings is 1. The average molecular weight is 455 g/mol. The highest BCUT2D eigenvalue weighted by Crippen LogP contribution is 2.30. The summed E-state index contributed by atoms with van der Waals surface area (Å²) in [6.07, 6.45) is -0.766. The van der Waals surface area contributed by atoms with Crippen LogP contribution in [0.25, 0.3) is 22.6 Å². The van der Waals surface area contributed by atoms with Gasteiger partial charge in [-0.25, -0.2) is 4.98 Å². The summed E-state index contributed by atoms with van der Waals surface area (Å²) in [5.41, 5.74) is 5.10. The largest absolute Gasteiger partial charge is 0.479 e.